The molecular formula is C13H12FN3O3S. The van der Waals surface area contributed by atoms with E-state index in [9.17, 15) is 17.6 Å². The smallest absolute Gasteiger partial charge is 0.274 e. The number of amides is 1. The van der Waals surface area contributed by atoms with Crippen LogP contribution in [0, 0.1) is 5.95 Å². The molecule has 2 N–H and O–H groups in total. The molecule has 21 heavy (non-hydrogen) atoms. The predicted molar refractivity (Wildman–Crippen MR) is 77.1 cm³/mol. The highest BCUT2D eigenvalue weighted by molar-refractivity contribution is 7.92. The third-order valence-corrected chi connectivity index (χ3v) is 3.01. The van der Waals surface area contributed by atoms with Crippen LogP contribution in [0.2, 0.25) is 0 Å². The minimum atomic E-state index is -3.48. The Balaban J connectivity index is 2.26. The van der Waals surface area contributed by atoms with Crippen LogP contribution in [0.15, 0.2) is 42.5 Å². The molecule has 0 atom stereocenters. The lowest BCUT2D eigenvalue weighted by Gasteiger charge is -2.11. The molecule has 1 aromatic carbocycles. The van der Waals surface area contributed by atoms with Crippen LogP contribution < -0.4 is 10.0 Å². The number of benzene rings is 1. The maximum absolute atomic E-state index is 13.0. The van der Waals surface area contributed by atoms with E-state index in [4.69, 9.17) is 0 Å². The van der Waals surface area contributed by atoms with E-state index in [1.165, 1.54) is 24.3 Å². The first-order valence-corrected chi connectivity index (χ1v) is 7.75. The van der Waals surface area contributed by atoms with Crippen LogP contribution in [0.4, 0.5) is 15.8 Å². The van der Waals surface area contributed by atoms with Crippen LogP contribution >= 0.6 is 0 Å². The molecule has 110 valence electrons. The summed E-state index contributed by atoms with van der Waals surface area (Å²) in [5.74, 6) is -1.41. The summed E-state index contributed by atoms with van der Waals surface area (Å²) >= 11 is 0. The largest absolute Gasteiger partial charge is 0.319 e. The number of halogens is 1. The van der Waals surface area contributed by atoms with Crippen LogP contribution in [-0.4, -0.2) is 25.6 Å². The van der Waals surface area contributed by atoms with Crippen LogP contribution in [0.1, 0.15) is 10.5 Å². The molecule has 0 radical (unpaired) electrons. The van der Waals surface area contributed by atoms with Crippen molar-refractivity contribution in [1.29, 1.82) is 0 Å². The first kappa shape index (κ1) is 14.9. The number of sulfonamides is 1. The molecule has 1 heterocycles. The number of hydrogen-bond acceptors (Lipinski definition) is 4. The number of nitrogens with zero attached hydrogens (tertiary/aromatic N) is 1. The lowest BCUT2D eigenvalue weighted by atomic mass is 10.2. The molecule has 0 aliphatic carbocycles. The van der Waals surface area contributed by atoms with Gasteiger partial charge in [-0.1, -0.05) is 18.2 Å². The summed E-state index contributed by atoms with van der Waals surface area (Å²) in [6.07, 6.45) is 1.000. The van der Waals surface area contributed by atoms with Gasteiger partial charge in [0.25, 0.3) is 5.91 Å². The van der Waals surface area contributed by atoms with Crippen molar-refractivity contribution in [3.63, 3.8) is 0 Å². The van der Waals surface area contributed by atoms with Gasteiger partial charge in [-0.3, -0.25) is 9.52 Å². The van der Waals surface area contributed by atoms with Crippen LogP contribution in [0.3, 0.4) is 0 Å². The molecule has 1 aromatic heterocycles. The van der Waals surface area contributed by atoms with Gasteiger partial charge in [0, 0.05) is 0 Å². The average molecular weight is 309 g/mol. The molecule has 0 saturated heterocycles. The molecule has 2 aromatic rings. The van der Waals surface area contributed by atoms with E-state index in [1.54, 1.807) is 12.1 Å². The van der Waals surface area contributed by atoms with E-state index in [1.807, 2.05) is 0 Å². The van der Waals surface area contributed by atoms with Crippen molar-refractivity contribution in [3.8, 4) is 0 Å². The summed E-state index contributed by atoms with van der Waals surface area (Å²) in [7, 11) is -3.48. The summed E-state index contributed by atoms with van der Waals surface area (Å²) in [6, 6.07) is 10.1. The van der Waals surface area contributed by atoms with Crippen molar-refractivity contribution < 1.29 is 17.6 Å². The van der Waals surface area contributed by atoms with Crippen molar-refractivity contribution >= 4 is 27.3 Å². The molecule has 0 saturated carbocycles. The monoisotopic (exact) mass is 309 g/mol. The van der Waals surface area contributed by atoms with Crippen molar-refractivity contribution in [2.24, 2.45) is 0 Å². The topological polar surface area (TPSA) is 88.2 Å². The number of hydrogen-bond donors (Lipinski definition) is 2. The second-order valence-electron chi connectivity index (χ2n) is 4.22. The third kappa shape index (κ3) is 4.25. The van der Waals surface area contributed by atoms with Gasteiger partial charge in [0.1, 0.15) is 5.69 Å². The highest BCUT2D eigenvalue weighted by atomic mass is 32.2. The molecule has 8 heteroatoms. The SMILES string of the molecule is CS(=O)(=O)Nc1ccccc1NC(=O)c1cccc(F)n1. The highest BCUT2D eigenvalue weighted by Crippen LogP contribution is 2.22. The van der Waals surface area contributed by atoms with Gasteiger partial charge < -0.3 is 5.32 Å². The standard InChI is InChI=1S/C13H12FN3O3S/c1-21(19,20)17-10-6-3-2-5-9(10)16-13(18)11-7-4-8-12(14)15-11/h2-8,17H,1H3,(H,16,18). The Morgan fingerprint density at radius 2 is 1.76 bits per heavy atom. The minimum Gasteiger partial charge on any atom is -0.319 e. The molecule has 1 amide bonds. The average Bonchev–Trinajstić information content (AvgIpc) is 2.39. The van der Waals surface area contributed by atoms with Gasteiger partial charge in [-0.2, -0.15) is 4.39 Å². The molecule has 0 unspecified atom stereocenters. The Hall–Kier alpha value is -2.48. The molecule has 0 aliphatic heterocycles. The number of nitrogens with one attached hydrogen (secondary N) is 2. The third-order valence-electron chi connectivity index (χ3n) is 2.42. The van der Waals surface area contributed by atoms with E-state index in [-0.39, 0.29) is 17.1 Å². The van der Waals surface area contributed by atoms with Gasteiger partial charge in [0.05, 0.1) is 17.6 Å². The number of carbonyl (C=O) groups is 1. The van der Waals surface area contributed by atoms with E-state index >= 15 is 0 Å². The maximum atomic E-state index is 13.0. The minimum absolute atomic E-state index is 0.107. The number of rotatable bonds is 4. The molecule has 6 nitrogen and oxygen atoms in total. The molecule has 2 rings (SSSR count). The maximum Gasteiger partial charge on any atom is 0.274 e. The zero-order valence-electron chi connectivity index (χ0n) is 11.0. The summed E-state index contributed by atoms with van der Waals surface area (Å²) in [4.78, 5) is 15.4. The normalized spacial score (nSPS) is 11.0. The van der Waals surface area contributed by atoms with E-state index in [0.29, 0.717) is 0 Å². The van der Waals surface area contributed by atoms with E-state index in [2.05, 4.69) is 15.0 Å². The van der Waals surface area contributed by atoms with Gasteiger partial charge in [-0.25, -0.2) is 13.4 Å². The van der Waals surface area contributed by atoms with Crippen molar-refractivity contribution in [2.75, 3.05) is 16.3 Å². The number of anilines is 2. The Bertz CT molecular complexity index is 778. The van der Waals surface area contributed by atoms with Gasteiger partial charge in [0.2, 0.25) is 16.0 Å². The first-order valence-electron chi connectivity index (χ1n) is 5.86. The predicted octanol–water partition coefficient (Wildman–Crippen LogP) is 1.84. The summed E-state index contributed by atoms with van der Waals surface area (Å²) in [6.45, 7) is 0. The Morgan fingerprint density at radius 1 is 1.10 bits per heavy atom. The van der Waals surface area contributed by atoms with Crippen molar-refractivity contribution in [1.82, 2.24) is 4.98 Å². The van der Waals surface area contributed by atoms with E-state index in [0.717, 1.165) is 12.3 Å². The number of para-hydroxylation sites is 2. The quantitative estimate of drug-likeness (QED) is 0.844. The van der Waals surface area contributed by atoms with Gasteiger partial charge in [0.15, 0.2) is 0 Å². The second kappa shape index (κ2) is 5.88. The fraction of sp³-hybridized carbons (Fsp3) is 0.0769. The molecule has 0 bridgehead atoms. The lowest BCUT2D eigenvalue weighted by Crippen LogP contribution is -2.17. The van der Waals surface area contributed by atoms with Gasteiger partial charge in [-0.05, 0) is 24.3 Å². The summed E-state index contributed by atoms with van der Waals surface area (Å²) in [5, 5.41) is 2.48. The lowest BCUT2D eigenvalue weighted by molar-refractivity contribution is 0.102. The van der Waals surface area contributed by atoms with E-state index < -0.39 is 21.9 Å². The van der Waals surface area contributed by atoms with Gasteiger partial charge >= 0.3 is 0 Å². The molecule has 0 fully saturated rings. The highest BCUT2D eigenvalue weighted by Gasteiger charge is 2.12. The molecule has 0 spiro atoms. The number of aromatic nitrogens is 1. The van der Waals surface area contributed by atoms with Crippen LogP contribution in [0.25, 0.3) is 0 Å². The molecular weight excluding hydrogens is 297 g/mol. The van der Waals surface area contributed by atoms with Crippen molar-refractivity contribution in [3.05, 3.63) is 54.1 Å². The van der Waals surface area contributed by atoms with Crippen LogP contribution in [0.5, 0.6) is 0 Å². The fourth-order valence-corrected chi connectivity index (χ4v) is 2.18. The van der Waals surface area contributed by atoms with Crippen LogP contribution in [-0.2, 0) is 10.0 Å². The summed E-state index contributed by atoms with van der Waals surface area (Å²) in [5.41, 5.74) is 0.355. The fourth-order valence-electron chi connectivity index (χ4n) is 1.60. The molecule has 0 aliphatic rings. The number of pyridine rings is 1. The van der Waals surface area contributed by atoms with Gasteiger partial charge in [-0.15, -0.1) is 0 Å². The first-order chi connectivity index (χ1) is 9.85. The second-order valence-corrected chi connectivity index (χ2v) is 5.97. The Kier molecular flexibility index (Phi) is 4.18. The Morgan fingerprint density at radius 3 is 2.38 bits per heavy atom. The Labute approximate surface area is 121 Å². The number of carbonyl (C=O) groups excluding carboxylic acids is 1. The zero-order chi connectivity index (χ0) is 15.5. The van der Waals surface area contributed by atoms with Crippen molar-refractivity contribution in [2.45, 2.75) is 0 Å². The summed E-state index contributed by atoms with van der Waals surface area (Å²) < 4.78 is 37.8. The zero-order valence-corrected chi connectivity index (χ0v) is 11.8.